The molecule has 0 fully saturated rings. The number of nitrogens with zero attached hydrogens (tertiary/aromatic N) is 1. The molecule has 0 amide bonds. The number of halogens is 3. The van der Waals surface area contributed by atoms with Crippen LogP contribution in [-0.2, 0) is 12.8 Å². The van der Waals surface area contributed by atoms with Gasteiger partial charge in [-0.05, 0) is 31.5 Å². The summed E-state index contributed by atoms with van der Waals surface area (Å²) in [5.74, 6) is 0. The van der Waals surface area contributed by atoms with Crippen LogP contribution in [-0.4, -0.2) is 29.4 Å². The third-order valence-electron chi connectivity index (χ3n) is 2.63. The van der Waals surface area contributed by atoms with Gasteiger partial charge in [-0.15, -0.1) is 0 Å². The smallest absolute Gasteiger partial charge is 0.392 e. The van der Waals surface area contributed by atoms with Crippen LogP contribution in [0.3, 0.4) is 0 Å². The Labute approximate surface area is 110 Å². The number of benzene rings is 1. The number of aliphatic hydroxyl groups is 2. The maximum atomic E-state index is 12.8. The second kappa shape index (κ2) is 5.38. The molecule has 0 aliphatic carbocycles. The maximum Gasteiger partial charge on any atom is 0.416 e. The van der Waals surface area contributed by atoms with Crippen molar-refractivity contribution in [1.82, 2.24) is 0 Å². The van der Waals surface area contributed by atoms with Gasteiger partial charge in [-0.2, -0.15) is 13.2 Å². The van der Waals surface area contributed by atoms with E-state index >= 15 is 0 Å². The van der Waals surface area contributed by atoms with Gasteiger partial charge < -0.3 is 15.1 Å². The molecule has 1 aromatic rings. The van der Waals surface area contributed by atoms with E-state index in [4.69, 9.17) is 5.11 Å². The first kappa shape index (κ1) is 15.8. The molecule has 0 radical (unpaired) electrons. The Morgan fingerprint density at radius 2 is 1.79 bits per heavy atom. The Morgan fingerprint density at radius 3 is 2.21 bits per heavy atom. The molecule has 2 N–H and O–H groups in total. The monoisotopic (exact) mass is 277 g/mol. The molecule has 108 valence electrons. The number of rotatable bonds is 4. The van der Waals surface area contributed by atoms with Crippen LogP contribution < -0.4 is 4.90 Å². The molecule has 0 saturated carbocycles. The van der Waals surface area contributed by atoms with Crippen molar-refractivity contribution in [3.05, 3.63) is 29.3 Å². The second-order valence-corrected chi connectivity index (χ2v) is 5.17. The molecule has 1 rings (SSSR count). The normalized spacial score (nSPS) is 12.6. The van der Waals surface area contributed by atoms with Crippen molar-refractivity contribution >= 4 is 5.69 Å². The molecule has 0 bridgehead atoms. The van der Waals surface area contributed by atoms with Crippen LogP contribution in [0.4, 0.5) is 18.9 Å². The molecule has 1 aromatic carbocycles. The number of likely N-dealkylation sites (N-methyl/N-ethyl adjacent to an activating group) is 1. The number of hydrogen-bond acceptors (Lipinski definition) is 3. The highest BCUT2D eigenvalue weighted by Gasteiger charge is 2.33. The highest BCUT2D eigenvalue weighted by atomic mass is 19.4. The molecule has 0 atom stereocenters. The summed E-state index contributed by atoms with van der Waals surface area (Å²) in [6.45, 7) is 2.69. The molecule has 6 heteroatoms. The van der Waals surface area contributed by atoms with Gasteiger partial charge in [0.05, 0.1) is 17.8 Å². The van der Waals surface area contributed by atoms with E-state index in [1.54, 1.807) is 20.9 Å². The van der Waals surface area contributed by atoms with E-state index in [0.717, 1.165) is 6.07 Å². The summed E-state index contributed by atoms with van der Waals surface area (Å²) in [7, 11) is 1.60. The highest BCUT2D eigenvalue weighted by Crippen LogP contribution is 2.34. The number of aliphatic hydroxyl groups excluding tert-OH is 1. The predicted octanol–water partition coefficient (Wildman–Crippen LogP) is 2.40. The third-order valence-corrected chi connectivity index (χ3v) is 2.63. The summed E-state index contributed by atoms with van der Waals surface area (Å²) in [5, 5.41) is 18.6. The zero-order valence-electron chi connectivity index (χ0n) is 11.1. The lowest BCUT2D eigenvalue weighted by atomic mass is 10.0. The Bertz CT molecular complexity index is 438. The molecular formula is C13H18F3NO2. The second-order valence-electron chi connectivity index (χ2n) is 5.17. The fourth-order valence-electron chi connectivity index (χ4n) is 1.88. The lowest BCUT2D eigenvalue weighted by Crippen LogP contribution is -2.36. The maximum absolute atomic E-state index is 12.8. The van der Waals surface area contributed by atoms with E-state index in [1.165, 1.54) is 17.0 Å². The third kappa shape index (κ3) is 4.40. The highest BCUT2D eigenvalue weighted by molar-refractivity contribution is 5.51. The predicted molar refractivity (Wildman–Crippen MR) is 66.9 cm³/mol. The summed E-state index contributed by atoms with van der Waals surface area (Å²) in [5.41, 5.74) is -1.68. The standard InChI is InChI=1S/C13H18F3NO2/c1-12(2,19)8-17(3)10-5-4-9(7-18)11(6-10)13(14,15)16/h4-6,18-19H,7-8H2,1-3H3. The molecule has 0 heterocycles. The van der Waals surface area contributed by atoms with Gasteiger partial charge in [-0.1, -0.05) is 6.07 Å². The minimum atomic E-state index is -4.51. The van der Waals surface area contributed by atoms with Crippen molar-refractivity contribution in [3.63, 3.8) is 0 Å². The van der Waals surface area contributed by atoms with Crippen LogP contribution in [0.1, 0.15) is 25.0 Å². The number of alkyl halides is 3. The van der Waals surface area contributed by atoms with Crippen LogP contribution in [0.15, 0.2) is 18.2 Å². The van der Waals surface area contributed by atoms with Gasteiger partial charge in [0.25, 0.3) is 0 Å². The van der Waals surface area contributed by atoms with E-state index in [0.29, 0.717) is 5.69 Å². The van der Waals surface area contributed by atoms with Crippen LogP contribution in [0.5, 0.6) is 0 Å². The van der Waals surface area contributed by atoms with E-state index in [-0.39, 0.29) is 12.1 Å². The SMILES string of the molecule is CN(CC(C)(C)O)c1ccc(CO)c(C(F)(F)F)c1. The molecule has 0 saturated heterocycles. The zero-order valence-corrected chi connectivity index (χ0v) is 11.1. The van der Waals surface area contributed by atoms with Crippen molar-refractivity contribution in [2.75, 3.05) is 18.5 Å². The van der Waals surface area contributed by atoms with Crippen molar-refractivity contribution in [3.8, 4) is 0 Å². The first-order chi connectivity index (χ1) is 8.54. The van der Waals surface area contributed by atoms with E-state index in [1.807, 2.05) is 0 Å². The van der Waals surface area contributed by atoms with Gasteiger partial charge in [-0.25, -0.2) is 0 Å². The topological polar surface area (TPSA) is 43.7 Å². The van der Waals surface area contributed by atoms with Crippen molar-refractivity contribution in [1.29, 1.82) is 0 Å². The number of hydrogen-bond donors (Lipinski definition) is 2. The summed E-state index contributed by atoms with van der Waals surface area (Å²) in [6.07, 6.45) is -4.51. The van der Waals surface area contributed by atoms with Gasteiger partial charge in [0.2, 0.25) is 0 Å². The molecule has 0 aliphatic rings. The molecule has 3 nitrogen and oxygen atoms in total. The summed E-state index contributed by atoms with van der Waals surface area (Å²) in [6, 6.07) is 3.73. The first-order valence-corrected chi connectivity index (χ1v) is 5.79. The van der Waals surface area contributed by atoms with Gasteiger partial charge in [0.15, 0.2) is 0 Å². The molecule has 19 heavy (non-hydrogen) atoms. The van der Waals surface area contributed by atoms with Crippen molar-refractivity contribution in [2.45, 2.75) is 32.2 Å². The summed E-state index contributed by atoms with van der Waals surface area (Å²) < 4.78 is 38.5. The fourth-order valence-corrected chi connectivity index (χ4v) is 1.88. The van der Waals surface area contributed by atoms with Crippen LogP contribution in [0.2, 0.25) is 0 Å². The quantitative estimate of drug-likeness (QED) is 0.888. The average molecular weight is 277 g/mol. The minimum Gasteiger partial charge on any atom is -0.392 e. The van der Waals surface area contributed by atoms with Gasteiger partial charge >= 0.3 is 6.18 Å². The number of anilines is 1. The Hall–Kier alpha value is -1.27. The zero-order chi connectivity index (χ0) is 14.8. The van der Waals surface area contributed by atoms with Gasteiger partial charge in [0.1, 0.15) is 0 Å². The lowest BCUT2D eigenvalue weighted by molar-refractivity contribution is -0.138. The van der Waals surface area contributed by atoms with Crippen LogP contribution in [0.25, 0.3) is 0 Å². The van der Waals surface area contributed by atoms with Crippen LogP contribution >= 0.6 is 0 Å². The van der Waals surface area contributed by atoms with E-state index < -0.39 is 23.9 Å². The summed E-state index contributed by atoms with van der Waals surface area (Å²) >= 11 is 0. The first-order valence-electron chi connectivity index (χ1n) is 5.79. The lowest BCUT2D eigenvalue weighted by Gasteiger charge is -2.28. The molecule has 0 aliphatic heterocycles. The van der Waals surface area contributed by atoms with E-state index in [2.05, 4.69) is 0 Å². The molecule has 0 unspecified atom stereocenters. The van der Waals surface area contributed by atoms with Gasteiger partial charge in [-0.3, -0.25) is 0 Å². The Kier molecular flexibility index (Phi) is 4.47. The van der Waals surface area contributed by atoms with Gasteiger partial charge in [0, 0.05) is 19.3 Å². The Morgan fingerprint density at radius 1 is 1.21 bits per heavy atom. The van der Waals surface area contributed by atoms with E-state index in [9.17, 15) is 18.3 Å². The molecule has 0 aromatic heterocycles. The van der Waals surface area contributed by atoms with Crippen molar-refractivity contribution in [2.24, 2.45) is 0 Å². The fraction of sp³-hybridized carbons (Fsp3) is 0.538. The van der Waals surface area contributed by atoms with Crippen molar-refractivity contribution < 1.29 is 23.4 Å². The average Bonchev–Trinajstić information content (AvgIpc) is 2.24. The Balaban J connectivity index is 3.12. The van der Waals surface area contributed by atoms with Crippen LogP contribution in [0, 0.1) is 0 Å². The largest absolute Gasteiger partial charge is 0.416 e. The summed E-state index contributed by atoms with van der Waals surface area (Å²) in [4.78, 5) is 1.54. The minimum absolute atomic E-state index is 0.159. The molecule has 0 spiro atoms. The molecular weight excluding hydrogens is 259 g/mol.